The zero-order valence-electron chi connectivity index (χ0n) is 15.1. The third-order valence-corrected chi connectivity index (χ3v) is 5.24. The van der Waals surface area contributed by atoms with Gasteiger partial charge >= 0.3 is 0 Å². The maximum absolute atomic E-state index is 6.22. The summed E-state index contributed by atoms with van der Waals surface area (Å²) in [6, 6.07) is 16.7. The summed E-state index contributed by atoms with van der Waals surface area (Å²) in [5.74, 6) is 0.838. The average Bonchev–Trinajstić information content (AvgIpc) is 3.21. The normalized spacial score (nSPS) is 14.4. The third kappa shape index (κ3) is 2.97. The van der Waals surface area contributed by atoms with Gasteiger partial charge in [0.05, 0.1) is 6.20 Å². The molecule has 2 aromatic carbocycles. The zero-order valence-corrected chi connectivity index (χ0v) is 15.1. The largest absolute Gasteiger partial charge is 0.487 e. The maximum Gasteiger partial charge on any atom is 0.163 e. The summed E-state index contributed by atoms with van der Waals surface area (Å²) in [6.07, 6.45) is 10.7. The van der Waals surface area contributed by atoms with Crippen molar-refractivity contribution in [3.63, 3.8) is 0 Å². The number of aromatic nitrogens is 3. The minimum atomic E-state index is 0.531. The zero-order chi connectivity index (χ0) is 18.1. The molecule has 134 valence electrons. The molecule has 27 heavy (non-hydrogen) atoms. The van der Waals surface area contributed by atoms with Crippen LogP contribution >= 0.6 is 0 Å². The Bertz CT molecular complexity index is 1130. The first-order chi connectivity index (χ1) is 13.4. The van der Waals surface area contributed by atoms with Crippen LogP contribution in [0.25, 0.3) is 22.0 Å². The molecule has 5 rings (SSSR count). The number of hydrogen-bond donors (Lipinski definition) is 0. The Kier molecular flexibility index (Phi) is 4.09. The van der Waals surface area contributed by atoms with Gasteiger partial charge in [-0.05, 0) is 42.4 Å². The fourth-order valence-corrected chi connectivity index (χ4v) is 3.90. The van der Waals surface area contributed by atoms with Crippen molar-refractivity contribution in [3.8, 4) is 5.75 Å². The SMILES string of the molecule is C1=C(c2cccc3c(OCc4ccccc4)cn4ncnc4c23)CCCC1. The molecule has 2 aromatic heterocycles. The standard InChI is InChI=1S/C23H21N3O/c1-3-8-17(9-4-1)15-27-21-14-26-23(24-16-25-26)22-19(12-7-13-20(21)22)18-10-5-2-6-11-18/h1,3-4,7-10,12-14,16H,2,5-6,11,15H2. The average molecular weight is 355 g/mol. The van der Waals surface area contributed by atoms with Crippen LogP contribution in [0, 0.1) is 0 Å². The molecule has 0 fully saturated rings. The number of allylic oxidation sites excluding steroid dienone is 2. The summed E-state index contributed by atoms with van der Waals surface area (Å²) in [7, 11) is 0. The first-order valence-corrected chi connectivity index (χ1v) is 9.51. The number of rotatable bonds is 4. The second kappa shape index (κ2) is 6.88. The van der Waals surface area contributed by atoms with Crippen molar-refractivity contribution in [2.75, 3.05) is 0 Å². The number of benzene rings is 2. The Labute approximate surface area is 158 Å². The van der Waals surface area contributed by atoms with Crippen molar-refractivity contribution in [2.24, 2.45) is 0 Å². The van der Waals surface area contributed by atoms with Gasteiger partial charge in [0.2, 0.25) is 0 Å². The fraction of sp³-hybridized carbons (Fsp3) is 0.217. The highest BCUT2D eigenvalue weighted by Crippen LogP contribution is 2.37. The molecule has 1 aliphatic carbocycles. The van der Waals surface area contributed by atoms with E-state index in [1.54, 1.807) is 6.33 Å². The van der Waals surface area contributed by atoms with Crippen LogP contribution in [0.1, 0.15) is 36.8 Å². The van der Waals surface area contributed by atoms with Crippen molar-refractivity contribution >= 4 is 22.0 Å². The van der Waals surface area contributed by atoms with Gasteiger partial charge in [0.15, 0.2) is 5.65 Å². The van der Waals surface area contributed by atoms with Gasteiger partial charge in [0, 0.05) is 10.8 Å². The molecule has 4 heteroatoms. The molecule has 0 aliphatic heterocycles. The van der Waals surface area contributed by atoms with E-state index < -0.39 is 0 Å². The van der Waals surface area contributed by atoms with Crippen LogP contribution in [0.15, 0.2) is 67.1 Å². The highest BCUT2D eigenvalue weighted by Gasteiger charge is 2.16. The lowest BCUT2D eigenvalue weighted by molar-refractivity contribution is 0.308. The lowest BCUT2D eigenvalue weighted by Gasteiger charge is -2.17. The Morgan fingerprint density at radius 2 is 1.93 bits per heavy atom. The van der Waals surface area contributed by atoms with Crippen molar-refractivity contribution < 1.29 is 4.74 Å². The monoisotopic (exact) mass is 355 g/mol. The molecule has 4 nitrogen and oxygen atoms in total. The number of pyridine rings is 1. The minimum Gasteiger partial charge on any atom is -0.487 e. The highest BCUT2D eigenvalue weighted by atomic mass is 16.5. The molecular formula is C23H21N3O. The van der Waals surface area contributed by atoms with E-state index >= 15 is 0 Å². The fourth-order valence-electron chi connectivity index (χ4n) is 3.90. The summed E-state index contributed by atoms with van der Waals surface area (Å²) in [5.41, 5.74) is 4.71. The number of ether oxygens (including phenoxy) is 1. The van der Waals surface area contributed by atoms with Crippen LogP contribution in [-0.4, -0.2) is 14.6 Å². The Morgan fingerprint density at radius 3 is 2.78 bits per heavy atom. The quantitative estimate of drug-likeness (QED) is 0.491. The Hall–Kier alpha value is -3.14. The van der Waals surface area contributed by atoms with Gasteiger partial charge in [-0.3, -0.25) is 0 Å². The third-order valence-electron chi connectivity index (χ3n) is 5.24. The molecule has 4 aromatic rings. The van der Waals surface area contributed by atoms with E-state index in [4.69, 9.17) is 4.74 Å². The molecule has 0 unspecified atom stereocenters. The van der Waals surface area contributed by atoms with Gasteiger partial charge in [-0.15, -0.1) is 0 Å². The van der Waals surface area contributed by atoms with E-state index in [9.17, 15) is 0 Å². The van der Waals surface area contributed by atoms with Crippen molar-refractivity contribution in [3.05, 3.63) is 78.3 Å². The molecule has 0 amide bonds. The smallest absolute Gasteiger partial charge is 0.163 e. The summed E-state index contributed by atoms with van der Waals surface area (Å²) >= 11 is 0. The molecule has 0 saturated heterocycles. The number of nitrogens with zero attached hydrogens (tertiary/aromatic N) is 3. The predicted octanol–water partition coefficient (Wildman–Crippen LogP) is 5.42. The lowest BCUT2D eigenvalue weighted by atomic mass is 9.90. The molecule has 0 saturated carbocycles. The summed E-state index contributed by atoms with van der Waals surface area (Å²) in [6.45, 7) is 0.531. The van der Waals surface area contributed by atoms with Crippen LogP contribution in [0.3, 0.4) is 0 Å². The van der Waals surface area contributed by atoms with Crippen LogP contribution in [0.4, 0.5) is 0 Å². The molecule has 0 atom stereocenters. The van der Waals surface area contributed by atoms with Crippen molar-refractivity contribution in [1.82, 2.24) is 14.6 Å². The van der Waals surface area contributed by atoms with Crippen molar-refractivity contribution in [1.29, 1.82) is 0 Å². The second-order valence-electron chi connectivity index (χ2n) is 7.00. The Balaban J connectivity index is 1.66. The topological polar surface area (TPSA) is 39.4 Å². The van der Waals surface area contributed by atoms with E-state index in [1.807, 2.05) is 28.9 Å². The lowest BCUT2D eigenvalue weighted by Crippen LogP contribution is -2.01. The highest BCUT2D eigenvalue weighted by molar-refractivity contribution is 6.05. The number of hydrogen-bond acceptors (Lipinski definition) is 3. The van der Waals surface area contributed by atoms with Crippen LogP contribution in [0.5, 0.6) is 5.75 Å². The summed E-state index contributed by atoms with van der Waals surface area (Å²) in [5, 5.41) is 6.60. The van der Waals surface area contributed by atoms with E-state index in [2.05, 4.69) is 46.5 Å². The molecule has 0 radical (unpaired) electrons. The van der Waals surface area contributed by atoms with Gasteiger partial charge in [-0.1, -0.05) is 54.6 Å². The van der Waals surface area contributed by atoms with Gasteiger partial charge in [0.1, 0.15) is 18.7 Å². The molecule has 0 spiro atoms. The molecule has 1 aliphatic rings. The van der Waals surface area contributed by atoms with E-state index in [-0.39, 0.29) is 0 Å². The first-order valence-electron chi connectivity index (χ1n) is 9.51. The second-order valence-corrected chi connectivity index (χ2v) is 7.00. The van der Waals surface area contributed by atoms with Crippen LogP contribution in [0.2, 0.25) is 0 Å². The molecular weight excluding hydrogens is 334 g/mol. The summed E-state index contributed by atoms with van der Waals surface area (Å²) < 4.78 is 8.05. The maximum atomic E-state index is 6.22. The first kappa shape index (κ1) is 16.1. The van der Waals surface area contributed by atoms with Gasteiger partial charge in [0.25, 0.3) is 0 Å². The van der Waals surface area contributed by atoms with Crippen LogP contribution < -0.4 is 4.74 Å². The van der Waals surface area contributed by atoms with E-state index in [1.165, 1.54) is 24.0 Å². The van der Waals surface area contributed by atoms with E-state index in [0.717, 1.165) is 40.6 Å². The van der Waals surface area contributed by atoms with Crippen molar-refractivity contribution in [2.45, 2.75) is 32.3 Å². The van der Waals surface area contributed by atoms with Crippen LogP contribution in [-0.2, 0) is 6.61 Å². The molecule has 0 bridgehead atoms. The predicted molar refractivity (Wildman–Crippen MR) is 108 cm³/mol. The van der Waals surface area contributed by atoms with Gasteiger partial charge < -0.3 is 4.74 Å². The molecule has 0 N–H and O–H groups in total. The summed E-state index contributed by atoms with van der Waals surface area (Å²) in [4.78, 5) is 4.53. The minimum absolute atomic E-state index is 0.531. The number of fused-ring (bicyclic) bond motifs is 3. The molecule has 2 heterocycles. The van der Waals surface area contributed by atoms with Gasteiger partial charge in [-0.25, -0.2) is 9.50 Å². The van der Waals surface area contributed by atoms with Gasteiger partial charge in [-0.2, -0.15) is 5.10 Å². The Morgan fingerprint density at radius 1 is 1.00 bits per heavy atom. The van der Waals surface area contributed by atoms with E-state index in [0.29, 0.717) is 6.61 Å².